The van der Waals surface area contributed by atoms with Gasteiger partial charge in [-0.15, -0.1) is 0 Å². The molecule has 0 bridgehead atoms. The van der Waals surface area contributed by atoms with Crippen LogP contribution in [-0.2, 0) is 13.2 Å². The van der Waals surface area contributed by atoms with Gasteiger partial charge in [-0.3, -0.25) is 14.9 Å². The van der Waals surface area contributed by atoms with E-state index in [0.29, 0.717) is 11.6 Å². The van der Waals surface area contributed by atoms with Crippen molar-refractivity contribution in [3.8, 4) is 22.9 Å². The van der Waals surface area contributed by atoms with Gasteiger partial charge in [-0.1, -0.05) is 36.4 Å². The molecule has 0 atom stereocenters. The molecule has 8 heteroatoms. The van der Waals surface area contributed by atoms with Crippen molar-refractivity contribution >= 4 is 12.2 Å². The fourth-order valence-corrected chi connectivity index (χ4v) is 3.96. The zero-order chi connectivity index (χ0) is 19.6. The van der Waals surface area contributed by atoms with Gasteiger partial charge in [0.1, 0.15) is 0 Å². The van der Waals surface area contributed by atoms with Gasteiger partial charge < -0.3 is 9.47 Å². The largest absolute Gasteiger partial charge is 0.454 e. The van der Waals surface area contributed by atoms with E-state index in [2.05, 4.69) is 32.0 Å². The lowest BCUT2D eigenvalue weighted by Gasteiger charge is -2.34. The van der Waals surface area contributed by atoms with E-state index in [9.17, 15) is 0 Å². The highest BCUT2D eigenvalue weighted by molar-refractivity contribution is 7.71. The van der Waals surface area contributed by atoms with E-state index in [4.69, 9.17) is 21.7 Å². The van der Waals surface area contributed by atoms with E-state index in [1.165, 1.54) is 5.56 Å². The minimum Gasteiger partial charge on any atom is -0.454 e. The molecule has 150 valence electrons. The predicted octanol–water partition coefficient (Wildman–Crippen LogP) is 3.11. The van der Waals surface area contributed by atoms with Gasteiger partial charge in [0.25, 0.3) is 0 Å². The second-order valence-electron chi connectivity index (χ2n) is 7.37. The number of nitrogens with zero attached hydrogens (tertiary/aromatic N) is 4. The standard InChI is InChI=1S/C21H23N5O2S/c29-21-22-20(17-4-2-1-3-5-17)23-26(21)14-25-10-8-24(9-11-25)13-16-6-7-18-19(12-16)28-15-27-18/h1-7,12H,8-11,13-15H2,(H,22,23,29). The number of H-pyrrole nitrogens is 1. The maximum atomic E-state index is 5.49. The zero-order valence-corrected chi connectivity index (χ0v) is 16.9. The predicted molar refractivity (Wildman–Crippen MR) is 112 cm³/mol. The van der Waals surface area contributed by atoms with Crippen LogP contribution in [-0.4, -0.2) is 57.5 Å². The van der Waals surface area contributed by atoms with E-state index in [1.54, 1.807) is 0 Å². The Bertz CT molecular complexity index is 1040. The molecule has 7 nitrogen and oxygen atoms in total. The quantitative estimate of drug-likeness (QED) is 0.654. The number of aromatic nitrogens is 3. The molecule has 3 aromatic rings. The molecule has 2 aliphatic rings. The number of nitrogens with one attached hydrogen (secondary N) is 1. The zero-order valence-electron chi connectivity index (χ0n) is 16.1. The summed E-state index contributed by atoms with van der Waals surface area (Å²) in [5.74, 6) is 2.51. The van der Waals surface area contributed by atoms with Gasteiger partial charge in [-0.2, -0.15) is 4.98 Å². The van der Waals surface area contributed by atoms with Crippen LogP contribution < -0.4 is 9.47 Å². The Morgan fingerprint density at radius 1 is 0.931 bits per heavy atom. The summed E-state index contributed by atoms with van der Waals surface area (Å²) in [7, 11) is 0. The lowest BCUT2D eigenvalue weighted by atomic mass is 10.1. The van der Waals surface area contributed by atoms with Gasteiger partial charge in [0.05, 0.1) is 6.67 Å². The van der Waals surface area contributed by atoms with E-state index < -0.39 is 0 Å². The smallest absolute Gasteiger partial charge is 0.231 e. The number of hydrogen-bond donors (Lipinski definition) is 1. The maximum absolute atomic E-state index is 5.49. The molecule has 0 unspecified atom stereocenters. The molecule has 5 rings (SSSR count). The molecule has 1 fully saturated rings. The Kier molecular flexibility index (Phi) is 5.05. The van der Waals surface area contributed by atoms with Gasteiger partial charge in [-0.05, 0) is 29.9 Å². The lowest BCUT2D eigenvalue weighted by molar-refractivity contribution is 0.0982. The summed E-state index contributed by atoms with van der Waals surface area (Å²) in [6.07, 6.45) is 0. The Balaban J connectivity index is 1.17. The third kappa shape index (κ3) is 4.05. The normalized spacial score (nSPS) is 17.0. The monoisotopic (exact) mass is 409 g/mol. The van der Waals surface area contributed by atoms with E-state index in [0.717, 1.165) is 62.3 Å². The van der Waals surface area contributed by atoms with E-state index in [-0.39, 0.29) is 0 Å². The molecule has 0 radical (unpaired) electrons. The number of fused-ring (bicyclic) bond motifs is 1. The highest BCUT2D eigenvalue weighted by Gasteiger charge is 2.19. The number of aromatic amines is 1. The number of benzene rings is 2. The van der Waals surface area contributed by atoms with Crippen molar-refractivity contribution in [1.29, 1.82) is 0 Å². The van der Waals surface area contributed by atoms with Crippen molar-refractivity contribution in [2.24, 2.45) is 0 Å². The van der Waals surface area contributed by atoms with Crippen LogP contribution >= 0.6 is 12.2 Å². The second kappa shape index (κ2) is 7.98. The number of hydrogen-bond acceptors (Lipinski definition) is 6. The first-order chi connectivity index (χ1) is 14.2. The summed E-state index contributed by atoms with van der Waals surface area (Å²) < 4.78 is 13.4. The van der Waals surface area contributed by atoms with Crippen molar-refractivity contribution in [3.63, 3.8) is 0 Å². The van der Waals surface area contributed by atoms with Gasteiger partial charge in [0, 0.05) is 38.3 Å². The van der Waals surface area contributed by atoms with Crippen LogP contribution in [0.3, 0.4) is 0 Å². The number of ether oxygens (including phenoxy) is 2. The van der Waals surface area contributed by atoms with Gasteiger partial charge in [0.15, 0.2) is 17.3 Å². The average molecular weight is 410 g/mol. The van der Waals surface area contributed by atoms with Crippen LogP contribution in [0.1, 0.15) is 5.56 Å². The molecule has 0 aliphatic carbocycles. The highest BCUT2D eigenvalue weighted by atomic mass is 32.1. The van der Waals surface area contributed by atoms with Crippen LogP contribution in [0, 0.1) is 4.77 Å². The van der Waals surface area contributed by atoms with E-state index >= 15 is 0 Å². The Labute approximate surface area is 174 Å². The summed E-state index contributed by atoms with van der Waals surface area (Å²) in [6.45, 7) is 5.99. The Morgan fingerprint density at radius 3 is 2.52 bits per heavy atom. The van der Waals surface area contributed by atoms with Crippen LogP contribution in [0.5, 0.6) is 11.5 Å². The molecular weight excluding hydrogens is 386 g/mol. The van der Waals surface area contributed by atoms with Crippen LogP contribution in [0.2, 0.25) is 0 Å². The van der Waals surface area contributed by atoms with Crippen LogP contribution in [0.4, 0.5) is 0 Å². The molecule has 1 saturated heterocycles. The third-order valence-electron chi connectivity index (χ3n) is 5.38. The lowest BCUT2D eigenvalue weighted by Crippen LogP contribution is -2.46. The third-order valence-corrected chi connectivity index (χ3v) is 5.69. The Hall–Kier alpha value is -2.68. The van der Waals surface area contributed by atoms with Crippen molar-refractivity contribution in [2.75, 3.05) is 33.0 Å². The van der Waals surface area contributed by atoms with Crippen LogP contribution in [0.15, 0.2) is 48.5 Å². The van der Waals surface area contributed by atoms with Gasteiger partial charge in [-0.25, -0.2) is 4.68 Å². The van der Waals surface area contributed by atoms with E-state index in [1.807, 2.05) is 41.1 Å². The highest BCUT2D eigenvalue weighted by Crippen LogP contribution is 2.32. The minimum absolute atomic E-state index is 0.319. The number of rotatable bonds is 5. The van der Waals surface area contributed by atoms with Crippen molar-refractivity contribution in [1.82, 2.24) is 24.6 Å². The summed E-state index contributed by atoms with van der Waals surface area (Å²) in [4.78, 5) is 9.38. The maximum Gasteiger partial charge on any atom is 0.231 e. The van der Waals surface area contributed by atoms with Gasteiger partial charge >= 0.3 is 0 Å². The fraction of sp³-hybridized carbons (Fsp3) is 0.333. The average Bonchev–Trinajstić information content (AvgIpc) is 3.36. The summed E-state index contributed by atoms with van der Waals surface area (Å²) in [6, 6.07) is 16.3. The first-order valence-corrected chi connectivity index (χ1v) is 10.2. The first-order valence-electron chi connectivity index (χ1n) is 9.80. The number of piperazine rings is 1. The molecule has 3 heterocycles. The summed E-state index contributed by atoms with van der Waals surface area (Å²) >= 11 is 5.45. The van der Waals surface area contributed by atoms with Crippen molar-refractivity contribution < 1.29 is 9.47 Å². The first kappa shape index (κ1) is 18.4. The van der Waals surface area contributed by atoms with Crippen LogP contribution in [0.25, 0.3) is 11.4 Å². The van der Waals surface area contributed by atoms with Gasteiger partial charge in [0.2, 0.25) is 11.6 Å². The fourth-order valence-electron chi connectivity index (χ4n) is 3.76. The molecular formula is C21H23N5O2S. The molecule has 0 amide bonds. The summed E-state index contributed by atoms with van der Waals surface area (Å²) in [5.41, 5.74) is 2.30. The minimum atomic E-state index is 0.319. The molecule has 0 saturated carbocycles. The van der Waals surface area contributed by atoms with Crippen molar-refractivity contribution in [3.05, 3.63) is 58.9 Å². The molecule has 2 aromatic carbocycles. The van der Waals surface area contributed by atoms with Crippen molar-refractivity contribution in [2.45, 2.75) is 13.2 Å². The second-order valence-corrected chi connectivity index (χ2v) is 7.74. The SMILES string of the molecule is S=c1nc(-c2ccccc2)[nH]n1CN1CCN(Cc2ccc3c(c2)OCO3)CC1. The molecule has 2 aliphatic heterocycles. The molecule has 29 heavy (non-hydrogen) atoms. The summed E-state index contributed by atoms with van der Waals surface area (Å²) in [5, 5.41) is 3.34. The molecule has 0 spiro atoms. The topological polar surface area (TPSA) is 58.6 Å². The Morgan fingerprint density at radius 2 is 1.69 bits per heavy atom. The molecule has 1 N–H and O–H groups in total. The molecule has 1 aromatic heterocycles.